The lowest BCUT2D eigenvalue weighted by Crippen LogP contribution is -2.49. The quantitative estimate of drug-likeness (QED) is 0.698. The maximum atomic E-state index is 12.9. The minimum absolute atomic E-state index is 0.239. The van der Waals surface area contributed by atoms with Crippen LogP contribution in [0.15, 0.2) is 24.3 Å². The molecule has 2 fully saturated rings. The van der Waals surface area contributed by atoms with Crippen LogP contribution in [0.25, 0.3) is 0 Å². The molecule has 4 amide bonds. The average molecular weight is 359 g/mol. The summed E-state index contributed by atoms with van der Waals surface area (Å²) in [5.74, 6) is -1.67. The first kappa shape index (κ1) is 17.9. The number of amides is 4. The predicted octanol–water partition coefficient (Wildman–Crippen LogP) is 1.07. The van der Waals surface area contributed by atoms with E-state index in [0.717, 1.165) is 6.42 Å². The van der Waals surface area contributed by atoms with Gasteiger partial charge in [0.2, 0.25) is 0 Å². The smallest absolute Gasteiger partial charge is 0.326 e. The van der Waals surface area contributed by atoms with Crippen LogP contribution >= 0.6 is 0 Å². The Morgan fingerprint density at radius 3 is 2.65 bits per heavy atom. The lowest BCUT2D eigenvalue weighted by Gasteiger charge is -2.36. The maximum Gasteiger partial charge on any atom is 0.326 e. The van der Waals surface area contributed by atoms with Gasteiger partial charge in [-0.25, -0.2) is 9.59 Å². The van der Waals surface area contributed by atoms with Gasteiger partial charge in [0.25, 0.3) is 11.8 Å². The fourth-order valence-corrected chi connectivity index (χ4v) is 3.49. The van der Waals surface area contributed by atoms with Crippen molar-refractivity contribution in [2.75, 3.05) is 6.54 Å². The first-order valence-corrected chi connectivity index (χ1v) is 8.50. The van der Waals surface area contributed by atoms with Crippen molar-refractivity contribution < 1.29 is 24.3 Å². The Morgan fingerprint density at radius 2 is 2.04 bits per heavy atom. The van der Waals surface area contributed by atoms with E-state index >= 15 is 0 Å². The highest BCUT2D eigenvalue weighted by molar-refractivity contribution is 6.07. The van der Waals surface area contributed by atoms with Crippen LogP contribution in [-0.2, 0) is 15.1 Å². The number of nitrogens with zero attached hydrogens (tertiary/aromatic N) is 1. The molecule has 3 unspecified atom stereocenters. The molecule has 2 heterocycles. The number of likely N-dealkylation sites (tertiary alicyclic amines) is 1. The van der Waals surface area contributed by atoms with Crippen LogP contribution in [0.4, 0.5) is 4.79 Å². The monoisotopic (exact) mass is 359 g/mol. The standard InChI is InChI=1S/C18H21N3O5/c1-10-6-7-21(13(8-10)15(23)24)14(22)11-4-3-5-12(9-11)18(2)16(25)19-17(26)20-18/h3-5,9-10,13H,6-8H2,1-2H3,(H,23,24)(H2,19,20,25,26). The Bertz CT molecular complexity index is 793. The van der Waals surface area contributed by atoms with Gasteiger partial charge in [-0.1, -0.05) is 19.1 Å². The Morgan fingerprint density at radius 1 is 1.31 bits per heavy atom. The number of aliphatic carboxylic acids is 1. The molecular formula is C18H21N3O5. The van der Waals surface area contributed by atoms with E-state index in [1.165, 1.54) is 11.0 Å². The molecule has 3 rings (SSSR count). The van der Waals surface area contributed by atoms with Gasteiger partial charge in [0.1, 0.15) is 11.6 Å². The van der Waals surface area contributed by atoms with Gasteiger partial charge < -0.3 is 15.3 Å². The number of imide groups is 1. The summed E-state index contributed by atoms with van der Waals surface area (Å²) in [7, 11) is 0. The van der Waals surface area contributed by atoms with E-state index in [1.54, 1.807) is 25.1 Å². The van der Waals surface area contributed by atoms with Gasteiger partial charge in [0, 0.05) is 12.1 Å². The van der Waals surface area contributed by atoms with Gasteiger partial charge in [-0.2, -0.15) is 0 Å². The Kier molecular flexibility index (Phi) is 4.43. The number of nitrogens with one attached hydrogen (secondary N) is 2. The van der Waals surface area contributed by atoms with Gasteiger partial charge in [-0.3, -0.25) is 14.9 Å². The van der Waals surface area contributed by atoms with E-state index in [4.69, 9.17) is 0 Å². The molecule has 0 radical (unpaired) electrons. The van der Waals surface area contributed by atoms with E-state index in [2.05, 4.69) is 10.6 Å². The zero-order chi connectivity index (χ0) is 19.1. The third-order valence-corrected chi connectivity index (χ3v) is 5.14. The van der Waals surface area contributed by atoms with Crippen molar-refractivity contribution in [3.8, 4) is 0 Å². The summed E-state index contributed by atoms with van der Waals surface area (Å²) in [6.45, 7) is 3.90. The fourth-order valence-electron chi connectivity index (χ4n) is 3.49. The number of piperidine rings is 1. The van der Waals surface area contributed by atoms with Gasteiger partial charge in [-0.05, 0) is 43.4 Å². The molecule has 8 nitrogen and oxygen atoms in total. The molecule has 8 heteroatoms. The third kappa shape index (κ3) is 3.02. The van der Waals surface area contributed by atoms with Crippen LogP contribution in [0.2, 0.25) is 0 Å². The molecule has 26 heavy (non-hydrogen) atoms. The topological polar surface area (TPSA) is 116 Å². The molecule has 138 valence electrons. The summed E-state index contributed by atoms with van der Waals surface area (Å²) in [4.78, 5) is 49.4. The van der Waals surface area contributed by atoms with Crippen molar-refractivity contribution in [3.63, 3.8) is 0 Å². The van der Waals surface area contributed by atoms with E-state index in [9.17, 15) is 24.3 Å². The largest absolute Gasteiger partial charge is 0.480 e. The molecule has 0 bridgehead atoms. The number of hydrogen-bond donors (Lipinski definition) is 3. The van der Waals surface area contributed by atoms with Gasteiger partial charge in [0.15, 0.2) is 0 Å². The van der Waals surface area contributed by atoms with Crippen LogP contribution in [0.3, 0.4) is 0 Å². The van der Waals surface area contributed by atoms with Crippen molar-refractivity contribution in [1.29, 1.82) is 0 Å². The van der Waals surface area contributed by atoms with E-state index in [1.807, 2.05) is 6.92 Å². The summed E-state index contributed by atoms with van der Waals surface area (Å²) in [6, 6.07) is 4.93. The van der Waals surface area contributed by atoms with E-state index < -0.39 is 29.5 Å². The van der Waals surface area contributed by atoms with Gasteiger partial charge >= 0.3 is 12.0 Å². The first-order chi connectivity index (χ1) is 12.2. The number of benzene rings is 1. The van der Waals surface area contributed by atoms with Crippen molar-refractivity contribution in [2.24, 2.45) is 5.92 Å². The zero-order valence-electron chi connectivity index (χ0n) is 14.6. The lowest BCUT2D eigenvalue weighted by molar-refractivity contribution is -0.144. The summed E-state index contributed by atoms with van der Waals surface area (Å²) in [6.07, 6.45) is 1.16. The van der Waals surface area contributed by atoms with Crippen LogP contribution < -0.4 is 10.6 Å². The second-order valence-corrected chi connectivity index (χ2v) is 7.10. The maximum absolute atomic E-state index is 12.9. The molecule has 2 aliphatic heterocycles. The molecule has 3 N–H and O–H groups in total. The van der Waals surface area contributed by atoms with Crippen LogP contribution in [0.1, 0.15) is 42.6 Å². The Labute approximate surface area is 150 Å². The fraction of sp³-hybridized carbons (Fsp3) is 0.444. The zero-order valence-corrected chi connectivity index (χ0v) is 14.6. The lowest BCUT2D eigenvalue weighted by atomic mass is 9.89. The second kappa shape index (κ2) is 6.44. The highest BCUT2D eigenvalue weighted by atomic mass is 16.4. The van der Waals surface area contributed by atoms with Crippen molar-refractivity contribution in [3.05, 3.63) is 35.4 Å². The van der Waals surface area contributed by atoms with Crippen LogP contribution in [0, 0.1) is 5.92 Å². The number of carbonyl (C=O) groups is 4. The molecule has 0 saturated carbocycles. The number of carbonyl (C=O) groups excluding carboxylic acids is 3. The normalized spacial score (nSPS) is 28.5. The van der Waals surface area contributed by atoms with E-state index in [0.29, 0.717) is 24.1 Å². The van der Waals surface area contributed by atoms with Crippen molar-refractivity contribution in [2.45, 2.75) is 38.3 Å². The van der Waals surface area contributed by atoms with E-state index in [-0.39, 0.29) is 11.8 Å². The SMILES string of the molecule is CC1CCN(C(=O)c2cccc(C3(C)NC(=O)NC3=O)c2)C(C(=O)O)C1. The minimum atomic E-state index is -1.27. The molecule has 0 aromatic heterocycles. The Hall–Kier alpha value is -2.90. The number of urea groups is 1. The summed E-state index contributed by atoms with van der Waals surface area (Å²) in [5.41, 5.74) is -0.516. The molecular weight excluding hydrogens is 338 g/mol. The Balaban J connectivity index is 1.90. The van der Waals surface area contributed by atoms with Crippen LogP contribution in [-0.4, -0.2) is 46.4 Å². The number of hydrogen-bond acceptors (Lipinski definition) is 4. The molecule has 1 aromatic carbocycles. The molecule has 2 aliphatic rings. The number of carboxylic acids is 1. The van der Waals surface area contributed by atoms with Crippen molar-refractivity contribution >= 4 is 23.8 Å². The minimum Gasteiger partial charge on any atom is -0.480 e. The summed E-state index contributed by atoms with van der Waals surface area (Å²) < 4.78 is 0. The second-order valence-electron chi connectivity index (χ2n) is 7.10. The summed E-state index contributed by atoms with van der Waals surface area (Å²) >= 11 is 0. The highest BCUT2D eigenvalue weighted by Gasteiger charge is 2.44. The molecule has 2 saturated heterocycles. The summed E-state index contributed by atoms with van der Waals surface area (Å²) in [5, 5.41) is 14.2. The first-order valence-electron chi connectivity index (χ1n) is 8.50. The highest BCUT2D eigenvalue weighted by Crippen LogP contribution is 2.28. The van der Waals surface area contributed by atoms with Crippen molar-refractivity contribution in [1.82, 2.24) is 15.5 Å². The molecule has 0 aliphatic carbocycles. The average Bonchev–Trinajstić information content (AvgIpc) is 2.87. The molecule has 0 spiro atoms. The van der Waals surface area contributed by atoms with Gasteiger partial charge in [0.05, 0.1) is 0 Å². The van der Waals surface area contributed by atoms with Gasteiger partial charge in [-0.15, -0.1) is 0 Å². The molecule has 1 aromatic rings. The predicted molar refractivity (Wildman–Crippen MR) is 91.3 cm³/mol. The number of rotatable bonds is 3. The molecule has 3 atom stereocenters. The third-order valence-electron chi connectivity index (χ3n) is 5.14. The van der Waals surface area contributed by atoms with Crippen LogP contribution in [0.5, 0.6) is 0 Å². The number of carboxylic acid groups (broad SMARTS) is 1.